The number of anilines is 1. The molecular formula is C32H26Br2N2O4. The fourth-order valence-corrected chi connectivity index (χ4v) is 4.54. The van der Waals surface area contributed by atoms with E-state index in [1.807, 2.05) is 67.6 Å². The minimum absolute atomic E-state index is 0.0534. The van der Waals surface area contributed by atoms with Gasteiger partial charge in [0.25, 0.3) is 5.91 Å². The van der Waals surface area contributed by atoms with E-state index in [1.165, 1.54) is 6.08 Å². The van der Waals surface area contributed by atoms with Crippen LogP contribution in [0.15, 0.2) is 106 Å². The highest BCUT2D eigenvalue weighted by Gasteiger charge is 2.15. The van der Waals surface area contributed by atoms with Crippen molar-refractivity contribution in [1.29, 1.82) is 5.26 Å². The number of rotatable bonds is 11. The van der Waals surface area contributed by atoms with Crippen LogP contribution in [-0.2, 0) is 18.0 Å². The van der Waals surface area contributed by atoms with Crippen molar-refractivity contribution in [2.75, 3.05) is 11.9 Å². The number of benzene rings is 4. The van der Waals surface area contributed by atoms with Crippen molar-refractivity contribution < 1.29 is 19.0 Å². The van der Waals surface area contributed by atoms with E-state index in [0.29, 0.717) is 52.8 Å². The minimum Gasteiger partial charge on any atom is -0.490 e. The van der Waals surface area contributed by atoms with Crippen LogP contribution in [0.5, 0.6) is 17.2 Å². The predicted molar refractivity (Wildman–Crippen MR) is 163 cm³/mol. The summed E-state index contributed by atoms with van der Waals surface area (Å²) < 4.78 is 19.3. The highest BCUT2D eigenvalue weighted by atomic mass is 79.9. The van der Waals surface area contributed by atoms with Crippen LogP contribution in [0.25, 0.3) is 6.08 Å². The third kappa shape index (κ3) is 8.22. The maximum absolute atomic E-state index is 12.9. The number of carbonyl (C=O) groups excluding carboxylic acids is 1. The maximum Gasteiger partial charge on any atom is 0.266 e. The molecule has 4 rings (SSSR count). The smallest absolute Gasteiger partial charge is 0.266 e. The first kappa shape index (κ1) is 28.9. The molecule has 0 saturated heterocycles. The molecule has 0 aliphatic rings. The molecule has 40 heavy (non-hydrogen) atoms. The molecule has 8 heteroatoms. The van der Waals surface area contributed by atoms with Gasteiger partial charge < -0.3 is 19.5 Å². The molecule has 0 unspecified atom stereocenters. The second kappa shape index (κ2) is 14.4. The largest absolute Gasteiger partial charge is 0.490 e. The Labute approximate surface area is 250 Å². The fraction of sp³-hybridized carbons (Fsp3) is 0.125. The predicted octanol–water partition coefficient (Wildman–Crippen LogP) is 8.31. The zero-order valence-electron chi connectivity index (χ0n) is 21.7. The minimum atomic E-state index is -0.523. The van der Waals surface area contributed by atoms with Crippen molar-refractivity contribution in [3.05, 3.63) is 122 Å². The monoisotopic (exact) mass is 660 g/mol. The summed E-state index contributed by atoms with van der Waals surface area (Å²) in [6, 6.07) is 30.2. The molecule has 0 radical (unpaired) electrons. The highest BCUT2D eigenvalue weighted by molar-refractivity contribution is 9.10. The summed E-state index contributed by atoms with van der Waals surface area (Å²) >= 11 is 6.99. The summed E-state index contributed by atoms with van der Waals surface area (Å²) in [5.74, 6) is 1.20. The number of nitrogens with one attached hydrogen (secondary N) is 1. The Balaban J connectivity index is 1.44. The van der Waals surface area contributed by atoms with E-state index in [4.69, 9.17) is 14.2 Å². The van der Waals surface area contributed by atoms with Crippen LogP contribution in [0, 0.1) is 11.3 Å². The number of carbonyl (C=O) groups is 1. The van der Waals surface area contributed by atoms with Gasteiger partial charge in [-0.15, -0.1) is 0 Å². The van der Waals surface area contributed by atoms with Gasteiger partial charge in [0, 0.05) is 10.2 Å². The number of hydrogen-bond acceptors (Lipinski definition) is 5. The normalized spacial score (nSPS) is 10.9. The number of ether oxygens (including phenoxy) is 3. The number of nitrogens with zero attached hydrogens (tertiary/aromatic N) is 1. The van der Waals surface area contributed by atoms with Gasteiger partial charge in [0.2, 0.25) is 0 Å². The number of halogens is 2. The molecule has 6 nitrogen and oxygen atoms in total. The molecule has 0 saturated carbocycles. The fourth-order valence-electron chi connectivity index (χ4n) is 3.70. The Bertz CT molecular complexity index is 1510. The Morgan fingerprint density at radius 1 is 0.875 bits per heavy atom. The lowest BCUT2D eigenvalue weighted by molar-refractivity contribution is -0.112. The maximum atomic E-state index is 12.9. The molecular weight excluding hydrogens is 636 g/mol. The van der Waals surface area contributed by atoms with Gasteiger partial charge in [-0.3, -0.25) is 4.79 Å². The quantitative estimate of drug-likeness (QED) is 0.129. The molecule has 0 atom stereocenters. The molecule has 0 fully saturated rings. The van der Waals surface area contributed by atoms with E-state index in [9.17, 15) is 10.1 Å². The molecule has 0 aliphatic heterocycles. The summed E-state index contributed by atoms with van der Waals surface area (Å²) in [4.78, 5) is 12.9. The number of nitriles is 1. The van der Waals surface area contributed by atoms with Crippen LogP contribution in [0.2, 0.25) is 0 Å². The topological polar surface area (TPSA) is 80.6 Å². The van der Waals surface area contributed by atoms with Crippen LogP contribution in [0.3, 0.4) is 0 Å². The van der Waals surface area contributed by atoms with Gasteiger partial charge in [0.15, 0.2) is 11.5 Å². The van der Waals surface area contributed by atoms with Crippen LogP contribution >= 0.6 is 31.9 Å². The first-order valence-corrected chi connectivity index (χ1v) is 14.1. The van der Waals surface area contributed by atoms with Gasteiger partial charge in [-0.1, -0.05) is 58.4 Å². The Kier molecular flexibility index (Phi) is 10.4. The first-order chi connectivity index (χ1) is 19.4. The molecule has 4 aromatic carbocycles. The summed E-state index contributed by atoms with van der Waals surface area (Å²) in [7, 11) is 0. The Morgan fingerprint density at radius 2 is 1.55 bits per heavy atom. The van der Waals surface area contributed by atoms with Crippen LogP contribution < -0.4 is 19.5 Å². The van der Waals surface area contributed by atoms with Crippen LogP contribution in [-0.4, -0.2) is 12.5 Å². The van der Waals surface area contributed by atoms with E-state index in [-0.39, 0.29) is 5.57 Å². The molecule has 0 bridgehead atoms. The van der Waals surface area contributed by atoms with Gasteiger partial charge in [0.05, 0.1) is 11.1 Å². The van der Waals surface area contributed by atoms with E-state index in [0.717, 1.165) is 15.6 Å². The Hall–Kier alpha value is -4.06. The summed E-state index contributed by atoms with van der Waals surface area (Å²) in [5.41, 5.74) is 3.17. The second-order valence-corrected chi connectivity index (χ2v) is 10.4. The second-order valence-electron chi connectivity index (χ2n) is 8.60. The van der Waals surface area contributed by atoms with Gasteiger partial charge in [-0.2, -0.15) is 5.26 Å². The first-order valence-electron chi connectivity index (χ1n) is 12.5. The van der Waals surface area contributed by atoms with Gasteiger partial charge in [0.1, 0.15) is 30.6 Å². The molecule has 202 valence electrons. The van der Waals surface area contributed by atoms with E-state index < -0.39 is 5.91 Å². The molecule has 0 aromatic heterocycles. The lowest BCUT2D eigenvalue weighted by atomic mass is 10.1. The van der Waals surface area contributed by atoms with E-state index >= 15 is 0 Å². The number of hydrogen-bond donors (Lipinski definition) is 1. The zero-order valence-corrected chi connectivity index (χ0v) is 24.9. The average Bonchev–Trinajstić information content (AvgIpc) is 2.96. The lowest BCUT2D eigenvalue weighted by Gasteiger charge is -2.15. The number of amides is 1. The van der Waals surface area contributed by atoms with Crippen molar-refractivity contribution in [1.82, 2.24) is 0 Å². The van der Waals surface area contributed by atoms with Crippen molar-refractivity contribution in [2.24, 2.45) is 0 Å². The van der Waals surface area contributed by atoms with Crippen molar-refractivity contribution in [3.8, 4) is 23.3 Å². The molecule has 1 N–H and O–H groups in total. The summed E-state index contributed by atoms with van der Waals surface area (Å²) in [6.07, 6.45) is 1.51. The van der Waals surface area contributed by atoms with Crippen molar-refractivity contribution in [2.45, 2.75) is 20.1 Å². The molecule has 4 aromatic rings. The highest BCUT2D eigenvalue weighted by Crippen LogP contribution is 2.38. The SMILES string of the molecule is CCOc1cc(/C=C(\C#N)C(=O)Nc2ccc(OCc3ccccc3)cc2)cc(Br)c1OCc1ccc(Br)cc1. The van der Waals surface area contributed by atoms with Crippen LogP contribution in [0.1, 0.15) is 23.6 Å². The Morgan fingerprint density at radius 3 is 2.23 bits per heavy atom. The average molecular weight is 662 g/mol. The molecule has 1 amide bonds. The summed E-state index contributed by atoms with van der Waals surface area (Å²) in [5, 5.41) is 12.5. The van der Waals surface area contributed by atoms with Gasteiger partial charge >= 0.3 is 0 Å². The van der Waals surface area contributed by atoms with E-state index in [2.05, 4.69) is 37.2 Å². The third-order valence-electron chi connectivity index (χ3n) is 5.66. The molecule has 0 spiro atoms. The van der Waals surface area contributed by atoms with Gasteiger partial charge in [-0.25, -0.2) is 0 Å². The lowest BCUT2D eigenvalue weighted by Crippen LogP contribution is -2.13. The van der Waals surface area contributed by atoms with Gasteiger partial charge in [-0.05, 0) is 94.2 Å². The van der Waals surface area contributed by atoms with Crippen LogP contribution in [0.4, 0.5) is 5.69 Å². The van der Waals surface area contributed by atoms with Crippen molar-refractivity contribution >= 4 is 49.5 Å². The van der Waals surface area contributed by atoms with Crippen molar-refractivity contribution in [3.63, 3.8) is 0 Å². The standard InChI is InChI=1S/C32H26Br2N2O4/c1-2-38-30-18-24(17-29(34)31(30)40-21-23-8-10-26(33)11-9-23)16-25(19-35)32(37)36-27-12-14-28(15-13-27)39-20-22-6-4-3-5-7-22/h3-18H,2,20-21H2,1H3,(H,36,37)/b25-16+. The zero-order chi connectivity index (χ0) is 28.3. The third-order valence-corrected chi connectivity index (χ3v) is 6.78. The molecule has 0 aliphatic carbocycles. The molecule has 0 heterocycles. The summed E-state index contributed by atoms with van der Waals surface area (Å²) in [6.45, 7) is 3.09. The van der Waals surface area contributed by atoms with E-state index in [1.54, 1.807) is 36.4 Å².